The number of allylic oxidation sites excluding steroid dienone is 4. The highest BCUT2D eigenvalue weighted by molar-refractivity contribution is 6.31. The minimum Gasteiger partial charge on any atom is -0.481 e. The highest BCUT2D eigenvalue weighted by Gasteiger charge is 2.47. The molecule has 0 spiro atoms. The van der Waals surface area contributed by atoms with Gasteiger partial charge in [0.05, 0.1) is 23.9 Å². The number of halogens is 5. The molecule has 9 heteroatoms. The molecule has 4 nitrogen and oxygen atoms in total. The van der Waals surface area contributed by atoms with Crippen molar-refractivity contribution in [3.63, 3.8) is 0 Å². The topological polar surface area (TPSA) is 66.4 Å². The molecule has 1 aromatic carbocycles. The number of carbonyl (C=O) groups is 2. The number of carboxylic acids is 1. The van der Waals surface area contributed by atoms with E-state index in [1.54, 1.807) is 6.92 Å². The summed E-state index contributed by atoms with van der Waals surface area (Å²) in [5, 5.41) is 11.6. The summed E-state index contributed by atoms with van der Waals surface area (Å²) in [7, 11) is 0. The third-order valence-corrected chi connectivity index (χ3v) is 5.49. The Balaban J connectivity index is 2.31. The first-order valence-corrected chi connectivity index (χ1v) is 9.70. The van der Waals surface area contributed by atoms with Crippen molar-refractivity contribution in [1.82, 2.24) is 0 Å². The van der Waals surface area contributed by atoms with E-state index in [4.69, 9.17) is 16.7 Å². The lowest BCUT2D eigenvalue weighted by Gasteiger charge is -2.31. The van der Waals surface area contributed by atoms with Gasteiger partial charge in [0.25, 0.3) is 0 Å². The third kappa shape index (κ3) is 6.08. The number of benzene rings is 1. The van der Waals surface area contributed by atoms with Crippen molar-refractivity contribution in [3.05, 3.63) is 52.8 Å². The van der Waals surface area contributed by atoms with Crippen LogP contribution in [0.3, 0.4) is 0 Å². The SMILES string of the molecule is C[C@H](CC(=O)O)c1ccc(F)c(NC(=O)[C@H](C2C=CC(Cl)=CC2)[C@@H](C)C(F)(F)F)c1. The van der Waals surface area contributed by atoms with Gasteiger partial charge in [-0.25, -0.2) is 4.39 Å². The van der Waals surface area contributed by atoms with Crippen molar-refractivity contribution in [1.29, 1.82) is 0 Å². The summed E-state index contributed by atoms with van der Waals surface area (Å²) in [6, 6.07) is 3.68. The molecule has 164 valence electrons. The van der Waals surface area contributed by atoms with Crippen molar-refractivity contribution in [3.8, 4) is 0 Å². The Hall–Kier alpha value is -2.35. The van der Waals surface area contributed by atoms with Crippen LogP contribution < -0.4 is 5.32 Å². The molecule has 30 heavy (non-hydrogen) atoms. The zero-order valence-electron chi connectivity index (χ0n) is 16.3. The molecule has 1 amide bonds. The van der Waals surface area contributed by atoms with E-state index in [2.05, 4.69) is 5.32 Å². The molecule has 0 fully saturated rings. The molecule has 0 saturated heterocycles. The molecule has 0 aliphatic heterocycles. The van der Waals surface area contributed by atoms with Gasteiger partial charge in [-0.1, -0.05) is 43.7 Å². The highest BCUT2D eigenvalue weighted by Crippen LogP contribution is 2.39. The van der Waals surface area contributed by atoms with Gasteiger partial charge in [-0.3, -0.25) is 9.59 Å². The van der Waals surface area contributed by atoms with Crippen LogP contribution in [-0.4, -0.2) is 23.2 Å². The van der Waals surface area contributed by atoms with Crippen LogP contribution in [0.15, 0.2) is 41.5 Å². The average molecular weight is 448 g/mol. The zero-order chi connectivity index (χ0) is 22.6. The number of nitrogens with one attached hydrogen (secondary N) is 1. The van der Waals surface area contributed by atoms with Crippen molar-refractivity contribution in [2.45, 2.75) is 38.8 Å². The average Bonchev–Trinajstić information content (AvgIpc) is 2.63. The van der Waals surface area contributed by atoms with E-state index >= 15 is 0 Å². The Kier molecular flexibility index (Phi) is 7.69. The summed E-state index contributed by atoms with van der Waals surface area (Å²) in [5.74, 6) is -7.56. The second-order valence-electron chi connectivity index (χ2n) is 7.43. The summed E-state index contributed by atoms with van der Waals surface area (Å²) < 4.78 is 54.5. The standard InChI is InChI=1S/C21H22ClF4NO3/c1-11(9-18(28)29)14-5-8-16(23)17(10-14)27-20(30)19(12(2)21(24,25)26)13-3-6-15(22)7-4-13/h3,5-8,10-13,19H,4,9H2,1-2H3,(H,27,30)(H,28,29)/t11-,12-,13?,19+/m1/s1. The van der Waals surface area contributed by atoms with Gasteiger partial charge in [0, 0.05) is 5.03 Å². The van der Waals surface area contributed by atoms with E-state index in [1.165, 1.54) is 30.4 Å². The quantitative estimate of drug-likeness (QED) is 0.515. The molecular formula is C21H22ClF4NO3. The van der Waals surface area contributed by atoms with Crippen molar-refractivity contribution < 1.29 is 32.3 Å². The first-order chi connectivity index (χ1) is 13.9. The summed E-state index contributed by atoms with van der Waals surface area (Å²) in [5.41, 5.74) is 0.157. The molecule has 0 aromatic heterocycles. The van der Waals surface area contributed by atoms with Gasteiger partial charge >= 0.3 is 12.1 Å². The molecule has 1 unspecified atom stereocenters. The summed E-state index contributed by atoms with van der Waals surface area (Å²) in [4.78, 5) is 23.7. The van der Waals surface area contributed by atoms with Crippen molar-refractivity contribution in [2.24, 2.45) is 17.8 Å². The predicted octanol–water partition coefficient (Wildman–Crippen LogP) is 5.86. The molecule has 2 N–H and O–H groups in total. The van der Waals surface area contributed by atoms with Crippen LogP contribution in [0.5, 0.6) is 0 Å². The van der Waals surface area contributed by atoms with E-state index in [0.29, 0.717) is 10.6 Å². The second-order valence-corrected chi connectivity index (χ2v) is 7.87. The summed E-state index contributed by atoms with van der Waals surface area (Å²) >= 11 is 5.83. The van der Waals surface area contributed by atoms with Crippen LogP contribution in [0.4, 0.5) is 23.2 Å². The number of carbonyl (C=O) groups excluding carboxylic acids is 1. The lowest BCUT2D eigenvalue weighted by molar-refractivity contribution is -0.188. The second kappa shape index (κ2) is 9.64. The Morgan fingerprint density at radius 3 is 2.50 bits per heavy atom. The van der Waals surface area contributed by atoms with Gasteiger partial charge in [-0.2, -0.15) is 13.2 Å². The fourth-order valence-corrected chi connectivity index (χ4v) is 3.58. The van der Waals surface area contributed by atoms with Gasteiger partial charge in [0.1, 0.15) is 5.82 Å². The van der Waals surface area contributed by atoms with Crippen LogP contribution in [0.25, 0.3) is 0 Å². The van der Waals surface area contributed by atoms with Gasteiger partial charge in [-0.05, 0) is 42.0 Å². The number of anilines is 1. The number of rotatable bonds is 7. The predicted molar refractivity (Wildman–Crippen MR) is 106 cm³/mol. The molecule has 1 aromatic rings. The Labute approximate surface area is 176 Å². The van der Waals surface area contributed by atoms with E-state index in [9.17, 15) is 27.2 Å². The maximum atomic E-state index is 14.3. The van der Waals surface area contributed by atoms with Crippen LogP contribution in [0.2, 0.25) is 0 Å². The highest BCUT2D eigenvalue weighted by atomic mass is 35.5. The molecule has 1 aliphatic rings. The molecule has 0 saturated carbocycles. The molecule has 1 aliphatic carbocycles. The minimum atomic E-state index is -4.63. The van der Waals surface area contributed by atoms with Crippen LogP contribution >= 0.6 is 11.6 Å². The van der Waals surface area contributed by atoms with E-state index in [0.717, 1.165) is 13.0 Å². The maximum Gasteiger partial charge on any atom is 0.392 e. The number of hydrogen-bond acceptors (Lipinski definition) is 2. The van der Waals surface area contributed by atoms with Gasteiger partial charge in [0.2, 0.25) is 5.91 Å². The number of amides is 1. The zero-order valence-corrected chi connectivity index (χ0v) is 17.1. The lowest BCUT2D eigenvalue weighted by atomic mass is 9.78. The first kappa shape index (κ1) is 23.9. The lowest BCUT2D eigenvalue weighted by Crippen LogP contribution is -2.40. The molecular weight excluding hydrogens is 426 g/mol. The van der Waals surface area contributed by atoms with Gasteiger partial charge < -0.3 is 10.4 Å². The summed E-state index contributed by atoms with van der Waals surface area (Å²) in [6.45, 7) is 2.53. The van der Waals surface area contributed by atoms with E-state index in [1.807, 2.05) is 0 Å². The number of carboxylic acid groups (broad SMARTS) is 1. The number of aliphatic carboxylic acids is 1. The normalized spacial score (nSPS) is 19.6. The molecule has 0 radical (unpaired) electrons. The van der Waals surface area contributed by atoms with Gasteiger partial charge in [0.15, 0.2) is 0 Å². The minimum absolute atomic E-state index is 0.145. The van der Waals surface area contributed by atoms with E-state index in [-0.39, 0.29) is 18.5 Å². The molecule has 4 atom stereocenters. The maximum absolute atomic E-state index is 14.3. The Morgan fingerprint density at radius 2 is 1.97 bits per heavy atom. The van der Waals surface area contributed by atoms with Crippen LogP contribution in [-0.2, 0) is 9.59 Å². The smallest absolute Gasteiger partial charge is 0.392 e. The van der Waals surface area contributed by atoms with Crippen molar-refractivity contribution in [2.75, 3.05) is 5.32 Å². The van der Waals surface area contributed by atoms with Crippen LogP contribution in [0, 0.1) is 23.6 Å². The number of alkyl halides is 3. The van der Waals surface area contributed by atoms with Crippen molar-refractivity contribution >= 4 is 29.2 Å². The monoisotopic (exact) mass is 447 g/mol. The largest absolute Gasteiger partial charge is 0.481 e. The van der Waals surface area contributed by atoms with Gasteiger partial charge in [-0.15, -0.1) is 0 Å². The fourth-order valence-electron chi connectivity index (χ4n) is 3.41. The first-order valence-electron chi connectivity index (χ1n) is 9.32. The molecule has 0 heterocycles. The van der Waals surface area contributed by atoms with E-state index < -0.39 is 47.5 Å². The van der Waals surface area contributed by atoms with Crippen LogP contribution in [0.1, 0.15) is 38.2 Å². The Bertz CT molecular complexity index is 866. The Morgan fingerprint density at radius 1 is 1.30 bits per heavy atom. The number of hydrogen-bond donors (Lipinski definition) is 2. The molecule has 0 bridgehead atoms. The third-order valence-electron chi connectivity index (χ3n) is 5.20. The fraction of sp³-hybridized carbons (Fsp3) is 0.429. The summed E-state index contributed by atoms with van der Waals surface area (Å²) in [6.07, 6.45) is -0.273. The molecule has 2 rings (SSSR count).